The number of hydrogen-bond donors (Lipinski definition) is 1. The molecule has 3 heterocycles. The Labute approximate surface area is 282 Å². The first-order chi connectivity index (χ1) is 22.8. The number of likely N-dealkylation sites (N-methyl/N-ethyl adjacent to an activating group) is 1. The third-order valence-corrected chi connectivity index (χ3v) is 10.3. The largest absolute Gasteiger partial charge is 0.344 e. The molecule has 0 aliphatic carbocycles. The third-order valence-electron chi connectivity index (χ3n) is 9.47. The van der Waals surface area contributed by atoms with E-state index in [1.165, 1.54) is 23.0 Å². The molecule has 6 rings (SSSR count). The maximum absolute atomic E-state index is 11.8. The summed E-state index contributed by atoms with van der Waals surface area (Å²) in [7, 11) is -4.29. The molecule has 0 unspecified atom stereocenters. The van der Waals surface area contributed by atoms with E-state index in [-0.39, 0.29) is 10.3 Å². The molecule has 0 bridgehead atoms. The van der Waals surface area contributed by atoms with Crippen LogP contribution < -0.4 is 4.90 Å². The van der Waals surface area contributed by atoms with Crippen molar-refractivity contribution >= 4 is 27.2 Å². The average molecular weight is 662 g/mol. The molecule has 0 atom stereocenters. The van der Waals surface area contributed by atoms with Crippen LogP contribution in [0.2, 0.25) is 0 Å². The van der Waals surface area contributed by atoms with Crippen molar-refractivity contribution in [1.29, 1.82) is 0 Å². The summed E-state index contributed by atoms with van der Waals surface area (Å²) in [5.74, 6) is 1.05. The Morgan fingerprint density at radius 3 is 2.10 bits per heavy atom. The number of nitrogens with zero attached hydrogens (tertiary/aromatic N) is 6. The molecule has 1 N–H and O–H groups in total. The summed E-state index contributed by atoms with van der Waals surface area (Å²) in [5.41, 5.74) is 9.09. The zero-order valence-corrected chi connectivity index (χ0v) is 29.2. The first kappa shape index (κ1) is 33.1. The minimum Gasteiger partial charge on any atom is -0.344 e. The van der Waals surface area contributed by atoms with Crippen LogP contribution in [0.25, 0.3) is 22.5 Å². The van der Waals surface area contributed by atoms with Gasteiger partial charge in [0.05, 0.1) is 10.3 Å². The van der Waals surface area contributed by atoms with Crippen LogP contribution >= 0.6 is 0 Å². The highest BCUT2D eigenvalue weighted by Gasteiger charge is 2.44. The van der Waals surface area contributed by atoms with Gasteiger partial charge in [0.1, 0.15) is 6.54 Å². The van der Waals surface area contributed by atoms with Gasteiger partial charge in [-0.1, -0.05) is 56.3 Å². The second-order valence-corrected chi connectivity index (χ2v) is 14.6. The van der Waals surface area contributed by atoms with Gasteiger partial charge in [-0.3, -0.25) is 4.55 Å². The van der Waals surface area contributed by atoms with Crippen LogP contribution in [-0.2, 0) is 20.9 Å². The Bertz CT molecular complexity index is 2130. The van der Waals surface area contributed by atoms with E-state index in [9.17, 15) is 13.0 Å². The minimum atomic E-state index is -4.29. The fourth-order valence-corrected chi connectivity index (χ4v) is 7.42. The van der Waals surface area contributed by atoms with Crippen LogP contribution in [0.5, 0.6) is 0 Å². The maximum atomic E-state index is 11.8. The predicted octanol–water partition coefficient (Wildman–Crippen LogP) is 7.37. The third kappa shape index (κ3) is 5.79. The molecule has 10 heteroatoms. The van der Waals surface area contributed by atoms with Gasteiger partial charge >= 0.3 is 0 Å². The van der Waals surface area contributed by atoms with Crippen molar-refractivity contribution in [3.63, 3.8) is 0 Å². The van der Waals surface area contributed by atoms with Gasteiger partial charge in [-0.15, -0.1) is 20.4 Å². The van der Waals surface area contributed by atoms with E-state index in [0.717, 1.165) is 46.7 Å². The summed E-state index contributed by atoms with van der Waals surface area (Å²) >= 11 is 0. The molecule has 3 aromatic carbocycles. The highest BCUT2D eigenvalue weighted by Crippen LogP contribution is 2.48. The van der Waals surface area contributed by atoms with Gasteiger partial charge in [0.2, 0.25) is 11.5 Å². The number of hydrogen-bond acceptors (Lipinski definition) is 7. The molecule has 2 aliphatic heterocycles. The fraction of sp³-hybridized carbons (Fsp3) is 0.289. The standard InChI is InChI=1S/C38H40N6O3S/c1-8-43-32-21-19-28(26-15-17-27(18-16-26)36-41-39-25(3)40-42-36)23-30(32)37(4,5)34(43)13-11-10-12-14-35-38(6,7)31-24-29(48(45,46)47)20-22-33(31)44(35)9-2/h10-24H,8-9H2,1-7H3/p+1. The van der Waals surface area contributed by atoms with Crippen LogP contribution in [-0.4, -0.2) is 56.7 Å². The first-order valence-electron chi connectivity index (χ1n) is 16.2. The molecule has 0 spiro atoms. The highest BCUT2D eigenvalue weighted by molar-refractivity contribution is 7.85. The normalized spacial score (nSPS) is 17.6. The van der Waals surface area contributed by atoms with Crippen LogP contribution in [0.1, 0.15) is 58.5 Å². The zero-order chi connectivity index (χ0) is 34.4. The maximum Gasteiger partial charge on any atom is 0.294 e. The second-order valence-electron chi connectivity index (χ2n) is 13.2. The molecule has 0 saturated heterocycles. The zero-order valence-electron chi connectivity index (χ0n) is 28.4. The predicted molar refractivity (Wildman–Crippen MR) is 190 cm³/mol. The quantitative estimate of drug-likeness (QED) is 0.118. The lowest BCUT2D eigenvalue weighted by atomic mass is 9.80. The van der Waals surface area contributed by atoms with E-state index in [0.29, 0.717) is 11.6 Å². The Kier molecular flexibility index (Phi) is 8.51. The average Bonchev–Trinajstić information content (AvgIpc) is 3.41. The number of benzene rings is 3. The Balaban J connectivity index is 1.24. The molecule has 48 heavy (non-hydrogen) atoms. The molecule has 2 aliphatic rings. The molecule has 0 saturated carbocycles. The van der Waals surface area contributed by atoms with Crippen molar-refractivity contribution in [1.82, 2.24) is 20.4 Å². The molecule has 4 aromatic rings. The number of allylic oxidation sites excluding steroid dienone is 6. The molecule has 0 amide bonds. The summed E-state index contributed by atoms with van der Waals surface area (Å²) in [6, 6.07) is 19.7. The second kappa shape index (κ2) is 12.3. The highest BCUT2D eigenvalue weighted by atomic mass is 32.2. The molecular formula is C38H41N6O3S+. The van der Waals surface area contributed by atoms with Gasteiger partial charge in [0.25, 0.3) is 10.1 Å². The van der Waals surface area contributed by atoms with E-state index >= 15 is 0 Å². The lowest BCUT2D eigenvalue weighted by molar-refractivity contribution is -0.433. The Hall–Kier alpha value is -4.80. The monoisotopic (exact) mass is 661 g/mol. The smallest absolute Gasteiger partial charge is 0.294 e. The summed E-state index contributed by atoms with van der Waals surface area (Å²) in [6.45, 7) is 16.3. The van der Waals surface area contributed by atoms with Crippen LogP contribution in [0.15, 0.2) is 102 Å². The van der Waals surface area contributed by atoms with E-state index in [1.807, 2.05) is 24.3 Å². The van der Waals surface area contributed by atoms with Gasteiger partial charge in [-0.25, -0.2) is 0 Å². The van der Waals surface area contributed by atoms with Gasteiger partial charge in [-0.05, 0) is 87.7 Å². The minimum absolute atomic E-state index is 0.0865. The van der Waals surface area contributed by atoms with Crippen LogP contribution in [0.4, 0.5) is 11.4 Å². The molecule has 9 nitrogen and oxygen atoms in total. The van der Waals surface area contributed by atoms with E-state index in [4.69, 9.17) is 0 Å². The SMILES string of the molecule is CCN1/C(=C/C=C/C=C/C2=[N+](CC)c3ccc(-c4ccc(-c5nnc(C)nn5)cc4)cc3C2(C)C)C(C)(C)c2cc(S(=O)(=O)O)ccc21. The number of rotatable bonds is 8. The van der Waals surface area contributed by atoms with E-state index in [1.54, 1.807) is 19.1 Å². The molecule has 0 radical (unpaired) electrons. The lowest BCUT2D eigenvalue weighted by Crippen LogP contribution is -2.27. The fourth-order valence-electron chi connectivity index (χ4n) is 6.92. The molecule has 0 fully saturated rings. The number of fused-ring (bicyclic) bond motifs is 2. The van der Waals surface area contributed by atoms with Crippen molar-refractivity contribution < 1.29 is 17.5 Å². The van der Waals surface area contributed by atoms with E-state index < -0.39 is 15.5 Å². The summed E-state index contributed by atoms with van der Waals surface area (Å²) in [4.78, 5) is 2.11. The number of anilines is 1. The van der Waals surface area contributed by atoms with Crippen molar-refractivity contribution in [2.75, 3.05) is 18.0 Å². The van der Waals surface area contributed by atoms with Gasteiger partial charge in [0, 0.05) is 46.6 Å². The summed E-state index contributed by atoms with van der Waals surface area (Å²) < 4.78 is 35.7. The van der Waals surface area contributed by atoms with Crippen molar-refractivity contribution in [2.45, 2.75) is 64.2 Å². The number of aryl methyl sites for hydroxylation is 1. The Morgan fingerprint density at radius 2 is 1.46 bits per heavy atom. The van der Waals surface area contributed by atoms with E-state index in [2.05, 4.69) is 120 Å². The van der Waals surface area contributed by atoms with Crippen LogP contribution in [0.3, 0.4) is 0 Å². The van der Waals surface area contributed by atoms with Gasteiger partial charge < -0.3 is 4.90 Å². The van der Waals surface area contributed by atoms with Crippen LogP contribution in [0, 0.1) is 6.92 Å². The lowest BCUT2D eigenvalue weighted by Gasteiger charge is -2.25. The van der Waals surface area contributed by atoms with Crippen molar-refractivity contribution in [3.8, 4) is 22.5 Å². The van der Waals surface area contributed by atoms with Gasteiger partial charge in [-0.2, -0.15) is 13.0 Å². The first-order valence-corrected chi connectivity index (χ1v) is 17.6. The van der Waals surface area contributed by atoms with Crippen molar-refractivity contribution in [3.05, 3.63) is 114 Å². The molecular weight excluding hydrogens is 621 g/mol. The topological polar surface area (TPSA) is 112 Å². The molecule has 1 aromatic heterocycles. The summed E-state index contributed by atoms with van der Waals surface area (Å²) in [5, 5.41) is 16.4. The summed E-state index contributed by atoms with van der Waals surface area (Å²) in [6.07, 6.45) is 10.4. The Morgan fingerprint density at radius 1 is 0.792 bits per heavy atom. The van der Waals surface area contributed by atoms with Crippen molar-refractivity contribution in [2.24, 2.45) is 0 Å². The number of aromatic nitrogens is 4. The van der Waals surface area contributed by atoms with Gasteiger partial charge in [0.15, 0.2) is 11.5 Å². The molecule has 246 valence electrons.